The van der Waals surface area contributed by atoms with Gasteiger partial charge in [-0.05, 0) is 0 Å². The van der Waals surface area contributed by atoms with Crippen LogP contribution in [0.15, 0.2) is 12.1 Å². The van der Waals surface area contributed by atoms with Crippen LogP contribution in [0.1, 0.15) is 10.4 Å². The molecule has 118 valence electrons. The van der Waals surface area contributed by atoms with E-state index in [-0.39, 0.29) is 5.75 Å². The van der Waals surface area contributed by atoms with Gasteiger partial charge in [0.05, 0.1) is 14.2 Å². The van der Waals surface area contributed by atoms with Crippen LogP contribution in [0.5, 0.6) is 17.2 Å². The van der Waals surface area contributed by atoms with Crippen LogP contribution in [0.25, 0.3) is 0 Å². The molecule has 0 aliphatic rings. The van der Waals surface area contributed by atoms with Crippen LogP contribution in [0.3, 0.4) is 0 Å². The van der Waals surface area contributed by atoms with E-state index in [1.807, 2.05) is 0 Å². The van der Waals surface area contributed by atoms with Crippen molar-refractivity contribution in [2.24, 2.45) is 0 Å². The minimum atomic E-state index is -6.03. The van der Waals surface area contributed by atoms with Crippen LogP contribution in [-0.2, 0) is 10.1 Å². The maximum absolute atomic E-state index is 12.3. The number of carboxylic acids is 1. The number of rotatable bonds is 5. The van der Waals surface area contributed by atoms with Crippen molar-refractivity contribution in [1.82, 2.24) is 0 Å². The Kier molecular flexibility index (Phi) is 4.56. The molecule has 0 aliphatic carbocycles. The Labute approximate surface area is 117 Å². The van der Waals surface area contributed by atoms with Crippen molar-refractivity contribution in [2.75, 3.05) is 14.2 Å². The molecule has 1 aromatic carbocycles. The fourth-order valence-corrected chi connectivity index (χ4v) is 1.75. The van der Waals surface area contributed by atoms with Crippen LogP contribution in [0.4, 0.5) is 13.2 Å². The number of hydrogen-bond acceptors (Lipinski definition) is 6. The monoisotopic (exact) mass is 330 g/mol. The van der Waals surface area contributed by atoms with E-state index in [0.717, 1.165) is 20.3 Å². The van der Waals surface area contributed by atoms with Crippen molar-refractivity contribution < 1.29 is 45.1 Å². The molecule has 1 rings (SSSR count). The lowest BCUT2D eigenvalue weighted by molar-refractivity contribution is -0.0500. The number of carbonyl (C=O) groups is 1. The second kappa shape index (κ2) is 5.68. The van der Waals surface area contributed by atoms with Crippen LogP contribution in [0.2, 0.25) is 0 Å². The molecular formula is C10H9F3O7S. The first-order valence-corrected chi connectivity index (χ1v) is 6.44. The van der Waals surface area contributed by atoms with Crippen molar-refractivity contribution in [3.63, 3.8) is 0 Å². The molecule has 0 aromatic heterocycles. The zero-order valence-electron chi connectivity index (χ0n) is 10.6. The van der Waals surface area contributed by atoms with Crippen molar-refractivity contribution in [2.45, 2.75) is 5.51 Å². The summed E-state index contributed by atoms with van der Waals surface area (Å²) in [6, 6.07) is 1.74. The van der Waals surface area contributed by atoms with E-state index < -0.39 is 38.7 Å². The summed E-state index contributed by atoms with van der Waals surface area (Å²) >= 11 is 0. The summed E-state index contributed by atoms with van der Waals surface area (Å²) < 4.78 is 72.1. The minimum absolute atomic E-state index is 0.149. The molecule has 0 spiro atoms. The van der Waals surface area contributed by atoms with Gasteiger partial charge in [-0.3, -0.25) is 0 Å². The first kappa shape index (κ1) is 16.9. The molecule has 0 fully saturated rings. The second-order valence-electron chi connectivity index (χ2n) is 3.49. The Bertz CT molecular complexity index is 651. The molecule has 0 amide bonds. The predicted octanol–water partition coefficient (Wildman–Crippen LogP) is 1.63. The highest BCUT2D eigenvalue weighted by atomic mass is 32.2. The van der Waals surface area contributed by atoms with E-state index in [1.54, 1.807) is 0 Å². The molecule has 21 heavy (non-hydrogen) atoms. The normalized spacial score (nSPS) is 11.9. The Hall–Kier alpha value is -2.17. The first-order chi connectivity index (χ1) is 9.53. The molecule has 0 bridgehead atoms. The van der Waals surface area contributed by atoms with Gasteiger partial charge in [-0.15, -0.1) is 0 Å². The van der Waals surface area contributed by atoms with E-state index in [0.29, 0.717) is 6.07 Å². The van der Waals surface area contributed by atoms with Gasteiger partial charge in [-0.2, -0.15) is 21.6 Å². The predicted molar refractivity (Wildman–Crippen MR) is 62.1 cm³/mol. The summed E-state index contributed by atoms with van der Waals surface area (Å²) in [5, 5.41) is 8.96. The Balaban J connectivity index is 3.50. The summed E-state index contributed by atoms with van der Waals surface area (Å²) in [5.41, 5.74) is -6.59. The molecule has 0 heterocycles. The SMILES string of the molecule is COc1cc(OC)c(C(=O)O)c(OS(=O)(=O)C(F)(F)F)c1. The highest BCUT2D eigenvalue weighted by Crippen LogP contribution is 2.37. The zero-order valence-corrected chi connectivity index (χ0v) is 11.4. The Morgan fingerprint density at radius 1 is 1.14 bits per heavy atom. The van der Waals surface area contributed by atoms with Gasteiger partial charge in [-0.25, -0.2) is 4.79 Å². The maximum atomic E-state index is 12.3. The largest absolute Gasteiger partial charge is 0.534 e. The molecule has 0 saturated heterocycles. The van der Waals surface area contributed by atoms with Gasteiger partial charge in [0.15, 0.2) is 5.75 Å². The first-order valence-electron chi connectivity index (χ1n) is 5.03. The number of hydrogen-bond donors (Lipinski definition) is 1. The molecule has 1 N–H and O–H groups in total. The molecule has 0 saturated carbocycles. The summed E-state index contributed by atoms with van der Waals surface area (Å²) in [6.07, 6.45) is 0. The number of ether oxygens (including phenoxy) is 2. The Morgan fingerprint density at radius 2 is 1.67 bits per heavy atom. The third-order valence-electron chi connectivity index (χ3n) is 2.19. The fraction of sp³-hybridized carbons (Fsp3) is 0.300. The van der Waals surface area contributed by atoms with Gasteiger partial charge in [0.1, 0.15) is 17.1 Å². The van der Waals surface area contributed by atoms with Gasteiger partial charge >= 0.3 is 21.6 Å². The van der Waals surface area contributed by atoms with Gasteiger partial charge in [0.2, 0.25) is 0 Å². The average Bonchev–Trinajstić information content (AvgIpc) is 2.35. The highest BCUT2D eigenvalue weighted by Gasteiger charge is 2.49. The van der Waals surface area contributed by atoms with E-state index >= 15 is 0 Å². The maximum Gasteiger partial charge on any atom is 0.534 e. The average molecular weight is 330 g/mol. The molecule has 0 radical (unpaired) electrons. The van der Waals surface area contributed by atoms with Crippen LogP contribution in [0, 0.1) is 0 Å². The van der Waals surface area contributed by atoms with Crippen LogP contribution < -0.4 is 13.7 Å². The molecule has 0 aliphatic heterocycles. The van der Waals surface area contributed by atoms with Crippen molar-refractivity contribution in [3.05, 3.63) is 17.7 Å². The third-order valence-corrected chi connectivity index (χ3v) is 3.16. The zero-order chi connectivity index (χ0) is 16.4. The van der Waals surface area contributed by atoms with Gasteiger partial charge in [0, 0.05) is 12.1 Å². The molecular weight excluding hydrogens is 321 g/mol. The smallest absolute Gasteiger partial charge is 0.496 e. The Morgan fingerprint density at radius 3 is 2.05 bits per heavy atom. The number of carboxylic acid groups (broad SMARTS) is 1. The number of benzene rings is 1. The summed E-state index contributed by atoms with van der Waals surface area (Å²) in [4.78, 5) is 11.1. The van der Waals surface area contributed by atoms with Gasteiger partial charge in [-0.1, -0.05) is 0 Å². The molecule has 11 heteroatoms. The minimum Gasteiger partial charge on any atom is -0.496 e. The number of aromatic carboxylic acids is 1. The van der Waals surface area contributed by atoms with Gasteiger partial charge in [0.25, 0.3) is 0 Å². The van der Waals surface area contributed by atoms with E-state index in [4.69, 9.17) is 9.84 Å². The van der Waals surface area contributed by atoms with Crippen molar-refractivity contribution >= 4 is 16.1 Å². The lowest BCUT2D eigenvalue weighted by atomic mass is 10.1. The third kappa shape index (κ3) is 3.48. The number of methoxy groups -OCH3 is 2. The van der Waals surface area contributed by atoms with Gasteiger partial charge < -0.3 is 18.8 Å². The van der Waals surface area contributed by atoms with E-state index in [1.165, 1.54) is 0 Å². The van der Waals surface area contributed by atoms with Crippen molar-refractivity contribution in [1.29, 1.82) is 0 Å². The van der Waals surface area contributed by atoms with E-state index in [9.17, 15) is 26.4 Å². The summed E-state index contributed by atoms with van der Waals surface area (Å²) in [7, 11) is -3.85. The van der Waals surface area contributed by atoms with Crippen LogP contribution in [-0.4, -0.2) is 39.2 Å². The standard InChI is InChI=1S/C10H9F3O7S/c1-18-5-3-6(19-2)8(9(14)15)7(4-5)20-21(16,17)10(11,12)13/h3-4H,1-2H3,(H,14,15). The summed E-state index contributed by atoms with van der Waals surface area (Å²) in [5.74, 6) is -3.38. The number of alkyl halides is 3. The lowest BCUT2D eigenvalue weighted by Crippen LogP contribution is -2.28. The lowest BCUT2D eigenvalue weighted by Gasteiger charge is -2.14. The number of halogens is 3. The summed E-state index contributed by atoms with van der Waals surface area (Å²) in [6.45, 7) is 0. The van der Waals surface area contributed by atoms with E-state index in [2.05, 4.69) is 8.92 Å². The van der Waals surface area contributed by atoms with Crippen LogP contribution >= 0.6 is 0 Å². The molecule has 7 nitrogen and oxygen atoms in total. The topological polar surface area (TPSA) is 99.1 Å². The fourth-order valence-electron chi connectivity index (χ4n) is 1.29. The molecule has 0 unspecified atom stereocenters. The quantitative estimate of drug-likeness (QED) is 0.647. The molecule has 1 aromatic rings. The second-order valence-corrected chi connectivity index (χ2v) is 5.03. The van der Waals surface area contributed by atoms with Crippen molar-refractivity contribution in [3.8, 4) is 17.2 Å². The molecule has 0 atom stereocenters. The highest BCUT2D eigenvalue weighted by molar-refractivity contribution is 7.88.